The lowest BCUT2D eigenvalue weighted by atomic mass is 10.0. The Hall–Kier alpha value is -1.11. The zero-order chi connectivity index (χ0) is 15.3. The van der Waals surface area contributed by atoms with Crippen LogP contribution in [-0.2, 0) is 11.2 Å². The van der Waals surface area contributed by atoms with Gasteiger partial charge in [-0.1, -0.05) is 88.1 Å². The fraction of sp³-hybridized carbons (Fsp3) is 0.650. The van der Waals surface area contributed by atoms with Gasteiger partial charge < -0.3 is 0 Å². The van der Waals surface area contributed by atoms with Gasteiger partial charge in [-0.25, -0.2) is 0 Å². The molecule has 1 nitrogen and oxygen atoms in total. The number of ketones is 1. The lowest BCUT2D eigenvalue weighted by Gasteiger charge is -2.03. The number of unbranched alkanes of at least 4 members (excludes halogenated alkanes) is 8. The molecule has 0 radical (unpaired) electrons. The number of hydrogen-bond donors (Lipinski definition) is 0. The van der Waals surface area contributed by atoms with E-state index in [0.29, 0.717) is 12.2 Å². The predicted molar refractivity (Wildman–Crippen MR) is 91.7 cm³/mol. The molecular formula is C20H32O. The molecule has 0 amide bonds. The molecule has 1 heteroatoms. The minimum Gasteiger partial charge on any atom is -0.299 e. The molecule has 0 aliphatic rings. The van der Waals surface area contributed by atoms with Crippen LogP contribution in [-0.4, -0.2) is 5.78 Å². The van der Waals surface area contributed by atoms with Crippen LogP contribution in [0.4, 0.5) is 0 Å². The Balaban J connectivity index is 1.99. The van der Waals surface area contributed by atoms with Crippen LogP contribution in [0.5, 0.6) is 0 Å². The highest BCUT2D eigenvalue weighted by atomic mass is 16.1. The first-order valence-corrected chi connectivity index (χ1v) is 8.79. The van der Waals surface area contributed by atoms with Gasteiger partial charge in [0, 0.05) is 12.8 Å². The van der Waals surface area contributed by atoms with Crippen LogP contribution in [0.1, 0.15) is 82.3 Å². The highest BCUT2D eigenvalue weighted by molar-refractivity contribution is 5.80. The van der Waals surface area contributed by atoms with Gasteiger partial charge in [0.15, 0.2) is 0 Å². The summed E-state index contributed by atoms with van der Waals surface area (Å²) in [5, 5.41) is 0. The zero-order valence-electron chi connectivity index (χ0n) is 14.0. The highest BCUT2D eigenvalue weighted by Crippen LogP contribution is 2.12. The van der Waals surface area contributed by atoms with Gasteiger partial charge in [-0.2, -0.15) is 0 Å². The van der Waals surface area contributed by atoms with Crippen LogP contribution in [0.25, 0.3) is 0 Å². The number of benzene rings is 1. The van der Waals surface area contributed by atoms with E-state index in [1.54, 1.807) is 0 Å². The second-order valence-corrected chi connectivity index (χ2v) is 6.28. The van der Waals surface area contributed by atoms with Crippen molar-refractivity contribution in [3.8, 4) is 0 Å². The Morgan fingerprint density at radius 2 is 1.52 bits per heavy atom. The summed E-state index contributed by atoms with van der Waals surface area (Å²) in [7, 11) is 0. The van der Waals surface area contributed by atoms with Crippen molar-refractivity contribution in [1.82, 2.24) is 0 Å². The summed E-state index contributed by atoms with van der Waals surface area (Å²) in [5.74, 6) is 0.392. The van der Waals surface area contributed by atoms with E-state index in [2.05, 4.69) is 32.0 Å². The summed E-state index contributed by atoms with van der Waals surface area (Å²) in [5.41, 5.74) is 2.40. The van der Waals surface area contributed by atoms with Crippen LogP contribution >= 0.6 is 0 Å². The average molecular weight is 288 g/mol. The topological polar surface area (TPSA) is 17.1 Å². The van der Waals surface area contributed by atoms with Crippen molar-refractivity contribution >= 4 is 5.78 Å². The van der Waals surface area contributed by atoms with Crippen molar-refractivity contribution in [2.75, 3.05) is 0 Å². The Kier molecular flexibility index (Phi) is 9.86. The SMILES string of the molecule is CCCCCCCCCCCC(=O)Cc1cccc(C)c1. The Morgan fingerprint density at radius 1 is 0.905 bits per heavy atom. The van der Waals surface area contributed by atoms with E-state index in [1.165, 1.54) is 56.9 Å². The maximum Gasteiger partial charge on any atom is 0.137 e. The van der Waals surface area contributed by atoms with Crippen LogP contribution < -0.4 is 0 Å². The molecule has 0 N–H and O–H groups in total. The molecule has 0 unspecified atom stereocenters. The van der Waals surface area contributed by atoms with E-state index in [1.807, 2.05) is 6.07 Å². The minimum absolute atomic E-state index is 0.392. The molecule has 0 saturated carbocycles. The molecule has 0 spiro atoms. The maximum absolute atomic E-state index is 11.9. The normalized spacial score (nSPS) is 10.8. The van der Waals surface area contributed by atoms with Crippen LogP contribution in [0.15, 0.2) is 24.3 Å². The molecule has 118 valence electrons. The second kappa shape index (κ2) is 11.5. The van der Waals surface area contributed by atoms with Gasteiger partial charge in [0.25, 0.3) is 0 Å². The number of hydrogen-bond acceptors (Lipinski definition) is 1. The molecule has 1 rings (SSSR count). The first-order chi connectivity index (χ1) is 10.2. The third-order valence-electron chi connectivity index (χ3n) is 4.04. The molecule has 0 aliphatic carbocycles. The van der Waals surface area contributed by atoms with E-state index in [4.69, 9.17) is 0 Å². The molecule has 0 bridgehead atoms. The molecule has 0 heterocycles. The summed E-state index contributed by atoms with van der Waals surface area (Å²) in [6, 6.07) is 8.29. The predicted octanol–water partition coefficient (Wildman–Crippen LogP) is 6.03. The van der Waals surface area contributed by atoms with Gasteiger partial charge in [0.2, 0.25) is 0 Å². The summed E-state index contributed by atoms with van der Waals surface area (Å²) >= 11 is 0. The lowest BCUT2D eigenvalue weighted by Crippen LogP contribution is -2.02. The Morgan fingerprint density at radius 3 is 2.14 bits per heavy atom. The fourth-order valence-electron chi connectivity index (χ4n) is 2.77. The lowest BCUT2D eigenvalue weighted by molar-refractivity contribution is -0.118. The van der Waals surface area contributed by atoms with E-state index in [0.717, 1.165) is 18.4 Å². The first-order valence-electron chi connectivity index (χ1n) is 8.79. The summed E-state index contributed by atoms with van der Waals surface area (Å²) in [6.07, 6.45) is 13.1. The molecular weight excluding hydrogens is 256 g/mol. The molecule has 1 aromatic carbocycles. The smallest absolute Gasteiger partial charge is 0.137 e. The fourth-order valence-corrected chi connectivity index (χ4v) is 2.77. The van der Waals surface area contributed by atoms with Gasteiger partial charge in [0.05, 0.1) is 0 Å². The van der Waals surface area contributed by atoms with Crippen LogP contribution in [0.3, 0.4) is 0 Å². The second-order valence-electron chi connectivity index (χ2n) is 6.28. The molecule has 0 saturated heterocycles. The number of Topliss-reactive ketones (excluding diaryl/α,β-unsaturated/α-hetero) is 1. The summed E-state index contributed by atoms with van der Waals surface area (Å²) in [4.78, 5) is 11.9. The van der Waals surface area contributed by atoms with Gasteiger partial charge in [-0.15, -0.1) is 0 Å². The van der Waals surface area contributed by atoms with Gasteiger partial charge in [0.1, 0.15) is 5.78 Å². The number of rotatable bonds is 12. The highest BCUT2D eigenvalue weighted by Gasteiger charge is 2.03. The number of carbonyl (C=O) groups excluding carboxylic acids is 1. The average Bonchev–Trinajstić information content (AvgIpc) is 2.45. The number of carbonyl (C=O) groups is 1. The van der Waals surface area contributed by atoms with Crippen molar-refractivity contribution in [1.29, 1.82) is 0 Å². The monoisotopic (exact) mass is 288 g/mol. The summed E-state index contributed by atoms with van der Waals surface area (Å²) < 4.78 is 0. The van der Waals surface area contributed by atoms with Gasteiger partial charge >= 0.3 is 0 Å². The zero-order valence-corrected chi connectivity index (χ0v) is 14.0. The van der Waals surface area contributed by atoms with Crippen molar-refractivity contribution in [2.24, 2.45) is 0 Å². The standard InChI is InChI=1S/C20H32O/c1-3-4-5-6-7-8-9-10-11-15-20(21)17-19-14-12-13-18(2)16-19/h12-14,16H,3-11,15,17H2,1-2H3. The third kappa shape index (κ3) is 9.44. The van der Waals surface area contributed by atoms with Gasteiger partial charge in [-0.3, -0.25) is 4.79 Å². The van der Waals surface area contributed by atoms with Crippen molar-refractivity contribution in [3.05, 3.63) is 35.4 Å². The van der Waals surface area contributed by atoms with E-state index in [9.17, 15) is 4.79 Å². The van der Waals surface area contributed by atoms with Crippen molar-refractivity contribution in [2.45, 2.75) is 84.5 Å². The molecule has 0 fully saturated rings. The van der Waals surface area contributed by atoms with E-state index < -0.39 is 0 Å². The van der Waals surface area contributed by atoms with Gasteiger partial charge in [-0.05, 0) is 18.9 Å². The summed E-state index contributed by atoms with van der Waals surface area (Å²) in [6.45, 7) is 4.34. The van der Waals surface area contributed by atoms with Crippen molar-refractivity contribution in [3.63, 3.8) is 0 Å². The third-order valence-corrected chi connectivity index (χ3v) is 4.04. The first kappa shape index (κ1) is 17.9. The minimum atomic E-state index is 0.392. The Bertz CT molecular complexity index is 395. The van der Waals surface area contributed by atoms with Crippen molar-refractivity contribution < 1.29 is 4.79 Å². The molecule has 0 aliphatic heterocycles. The maximum atomic E-state index is 11.9. The Labute approximate surface area is 131 Å². The van der Waals surface area contributed by atoms with E-state index >= 15 is 0 Å². The van der Waals surface area contributed by atoms with Crippen LogP contribution in [0, 0.1) is 6.92 Å². The molecule has 0 aromatic heterocycles. The molecule has 0 atom stereocenters. The molecule has 21 heavy (non-hydrogen) atoms. The van der Waals surface area contributed by atoms with E-state index in [-0.39, 0.29) is 0 Å². The molecule has 1 aromatic rings. The quantitative estimate of drug-likeness (QED) is 0.429. The van der Waals surface area contributed by atoms with Crippen LogP contribution in [0.2, 0.25) is 0 Å². The number of aryl methyl sites for hydroxylation is 1. The largest absolute Gasteiger partial charge is 0.299 e.